The van der Waals surface area contributed by atoms with Crippen LogP contribution < -0.4 is 5.73 Å². The summed E-state index contributed by atoms with van der Waals surface area (Å²) in [5.74, 6) is 1.31. The average Bonchev–Trinajstić information content (AvgIpc) is 3.00. The van der Waals surface area contributed by atoms with Crippen LogP contribution in [0.15, 0.2) is 12.4 Å². The molecule has 3 heteroatoms. The highest BCUT2D eigenvalue weighted by Gasteiger charge is 2.26. The molecule has 0 saturated heterocycles. The summed E-state index contributed by atoms with van der Waals surface area (Å²) < 4.78 is 0. The van der Waals surface area contributed by atoms with E-state index in [1.807, 2.05) is 19.3 Å². The Bertz CT molecular complexity index is 290. The number of nitrogens with two attached hydrogens (primary N) is 1. The molecule has 14 heavy (non-hydrogen) atoms. The van der Waals surface area contributed by atoms with E-state index in [1.54, 1.807) is 0 Å². The van der Waals surface area contributed by atoms with E-state index in [9.17, 15) is 0 Å². The van der Waals surface area contributed by atoms with E-state index < -0.39 is 0 Å². The number of aryl methyl sites for hydroxylation is 1. The van der Waals surface area contributed by atoms with E-state index in [4.69, 9.17) is 5.73 Å². The van der Waals surface area contributed by atoms with Crippen LogP contribution in [-0.2, 0) is 0 Å². The molecule has 0 bridgehead atoms. The Morgan fingerprint density at radius 1 is 1.43 bits per heavy atom. The summed E-state index contributed by atoms with van der Waals surface area (Å²) in [6.45, 7) is 2.64. The SMILES string of the molecule is Cc1cnc(C(CN)CC2CC2)cn1. The Labute approximate surface area is 84.8 Å². The minimum atomic E-state index is 0.413. The molecule has 0 radical (unpaired) electrons. The molecule has 2 N–H and O–H groups in total. The third kappa shape index (κ3) is 2.29. The van der Waals surface area contributed by atoms with Crippen LogP contribution in [-0.4, -0.2) is 16.5 Å². The summed E-state index contributed by atoms with van der Waals surface area (Å²) in [6, 6.07) is 0. The molecule has 1 aromatic heterocycles. The van der Waals surface area contributed by atoms with Gasteiger partial charge in [0.15, 0.2) is 0 Å². The predicted molar refractivity (Wildman–Crippen MR) is 55.9 cm³/mol. The highest BCUT2D eigenvalue weighted by Crippen LogP contribution is 2.37. The van der Waals surface area contributed by atoms with Crippen molar-refractivity contribution in [2.75, 3.05) is 6.54 Å². The summed E-state index contributed by atoms with van der Waals surface area (Å²) in [5.41, 5.74) is 7.78. The second-order valence-electron chi connectivity index (χ2n) is 4.19. The van der Waals surface area contributed by atoms with Crippen molar-refractivity contribution >= 4 is 0 Å². The van der Waals surface area contributed by atoms with Gasteiger partial charge in [0.25, 0.3) is 0 Å². The molecule has 1 atom stereocenters. The molecule has 0 amide bonds. The molecule has 2 rings (SSSR count). The van der Waals surface area contributed by atoms with Crippen LogP contribution in [0.2, 0.25) is 0 Å². The average molecular weight is 191 g/mol. The van der Waals surface area contributed by atoms with Crippen molar-refractivity contribution in [2.45, 2.75) is 32.1 Å². The highest BCUT2D eigenvalue weighted by molar-refractivity contribution is 5.08. The minimum Gasteiger partial charge on any atom is -0.330 e. The fourth-order valence-corrected chi connectivity index (χ4v) is 1.71. The first-order valence-electron chi connectivity index (χ1n) is 5.28. The van der Waals surface area contributed by atoms with E-state index in [0.29, 0.717) is 12.5 Å². The fraction of sp³-hybridized carbons (Fsp3) is 0.636. The van der Waals surface area contributed by atoms with E-state index in [1.165, 1.54) is 19.3 Å². The minimum absolute atomic E-state index is 0.413. The second-order valence-corrected chi connectivity index (χ2v) is 4.19. The van der Waals surface area contributed by atoms with Crippen LogP contribution in [0.5, 0.6) is 0 Å². The van der Waals surface area contributed by atoms with Gasteiger partial charge >= 0.3 is 0 Å². The maximum atomic E-state index is 5.75. The van der Waals surface area contributed by atoms with E-state index >= 15 is 0 Å². The van der Waals surface area contributed by atoms with Crippen molar-refractivity contribution < 1.29 is 0 Å². The predicted octanol–water partition coefficient (Wildman–Crippen LogP) is 1.63. The van der Waals surface area contributed by atoms with Crippen LogP contribution in [0.1, 0.15) is 36.6 Å². The third-order valence-electron chi connectivity index (χ3n) is 2.82. The van der Waals surface area contributed by atoms with Gasteiger partial charge in [0, 0.05) is 24.9 Å². The maximum absolute atomic E-state index is 5.75. The molecule has 1 unspecified atom stereocenters. The first-order chi connectivity index (χ1) is 6.79. The topological polar surface area (TPSA) is 51.8 Å². The molecule has 0 aliphatic heterocycles. The van der Waals surface area contributed by atoms with Crippen LogP contribution >= 0.6 is 0 Å². The summed E-state index contributed by atoms with van der Waals surface area (Å²) in [7, 11) is 0. The lowest BCUT2D eigenvalue weighted by molar-refractivity contribution is 0.569. The number of hydrogen-bond acceptors (Lipinski definition) is 3. The van der Waals surface area contributed by atoms with Gasteiger partial charge in [-0.25, -0.2) is 0 Å². The van der Waals surface area contributed by atoms with Gasteiger partial charge in [-0.05, 0) is 19.3 Å². The number of hydrogen-bond donors (Lipinski definition) is 1. The number of aromatic nitrogens is 2. The molecular weight excluding hydrogens is 174 g/mol. The third-order valence-corrected chi connectivity index (χ3v) is 2.82. The van der Waals surface area contributed by atoms with Crippen molar-refractivity contribution in [1.29, 1.82) is 0 Å². The van der Waals surface area contributed by atoms with Gasteiger partial charge in [0.2, 0.25) is 0 Å². The second kappa shape index (κ2) is 4.05. The first-order valence-corrected chi connectivity index (χ1v) is 5.28. The Morgan fingerprint density at radius 2 is 2.21 bits per heavy atom. The monoisotopic (exact) mass is 191 g/mol. The molecule has 1 aromatic rings. The zero-order valence-electron chi connectivity index (χ0n) is 8.61. The van der Waals surface area contributed by atoms with Gasteiger partial charge in [0.05, 0.1) is 11.4 Å². The number of rotatable bonds is 4. The Balaban J connectivity index is 2.05. The normalized spacial score (nSPS) is 18.1. The van der Waals surface area contributed by atoms with E-state index in [2.05, 4.69) is 9.97 Å². The van der Waals surface area contributed by atoms with Gasteiger partial charge in [-0.1, -0.05) is 12.8 Å². The maximum Gasteiger partial charge on any atom is 0.0630 e. The van der Waals surface area contributed by atoms with E-state index in [0.717, 1.165) is 17.3 Å². The molecular formula is C11H17N3. The van der Waals surface area contributed by atoms with Crippen molar-refractivity contribution in [3.05, 3.63) is 23.8 Å². The Morgan fingerprint density at radius 3 is 2.71 bits per heavy atom. The molecule has 76 valence electrons. The lowest BCUT2D eigenvalue weighted by atomic mass is 9.99. The molecule has 0 spiro atoms. The van der Waals surface area contributed by atoms with Gasteiger partial charge in [-0.3, -0.25) is 9.97 Å². The van der Waals surface area contributed by atoms with Crippen LogP contribution in [0, 0.1) is 12.8 Å². The molecule has 1 heterocycles. The summed E-state index contributed by atoms with van der Waals surface area (Å²) in [5, 5.41) is 0. The standard InChI is InChI=1S/C11H17N3/c1-8-6-14-11(7-13-8)10(5-12)4-9-2-3-9/h6-7,9-10H,2-5,12H2,1H3. The zero-order chi connectivity index (χ0) is 9.97. The van der Waals surface area contributed by atoms with Crippen LogP contribution in [0.3, 0.4) is 0 Å². The van der Waals surface area contributed by atoms with Crippen LogP contribution in [0.4, 0.5) is 0 Å². The quantitative estimate of drug-likeness (QED) is 0.787. The smallest absolute Gasteiger partial charge is 0.0630 e. The van der Waals surface area contributed by atoms with Gasteiger partial charge in [-0.15, -0.1) is 0 Å². The van der Waals surface area contributed by atoms with Crippen LogP contribution in [0.25, 0.3) is 0 Å². The van der Waals surface area contributed by atoms with Gasteiger partial charge in [0.1, 0.15) is 0 Å². The molecule has 1 aliphatic carbocycles. The first kappa shape index (κ1) is 9.59. The van der Waals surface area contributed by atoms with Crippen molar-refractivity contribution in [1.82, 2.24) is 9.97 Å². The summed E-state index contributed by atoms with van der Waals surface area (Å²) in [6.07, 6.45) is 7.62. The lowest BCUT2D eigenvalue weighted by Crippen LogP contribution is -2.14. The van der Waals surface area contributed by atoms with Gasteiger partial charge < -0.3 is 5.73 Å². The largest absolute Gasteiger partial charge is 0.330 e. The molecule has 1 aliphatic rings. The van der Waals surface area contributed by atoms with Crippen molar-refractivity contribution in [2.24, 2.45) is 11.7 Å². The van der Waals surface area contributed by atoms with Crippen molar-refractivity contribution in [3.63, 3.8) is 0 Å². The molecule has 1 saturated carbocycles. The lowest BCUT2D eigenvalue weighted by Gasteiger charge is -2.12. The van der Waals surface area contributed by atoms with Crippen molar-refractivity contribution in [3.8, 4) is 0 Å². The summed E-state index contributed by atoms with van der Waals surface area (Å²) >= 11 is 0. The van der Waals surface area contributed by atoms with E-state index in [-0.39, 0.29) is 0 Å². The Hall–Kier alpha value is -0.960. The summed E-state index contributed by atoms with van der Waals surface area (Å²) in [4.78, 5) is 8.65. The molecule has 0 aromatic carbocycles. The Kier molecular flexibility index (Phi) is 2.77. The van der Waals surface area contributed by atoms with Gasteiger partial charge in [-0.2, -0.15) is 0 Å². The fourth-order valence-electron chi connectivity index (χ4n) is 1.71. The molecule has 1 fully saturated rings. The number of nitrogens with zero attached hydrogens (tertiary/aromatic N) is 2. The molecule has 3 nitrogen and oxygen atoms in total. The highest BCUT2D eigenvalue weighted by atomic mass is 14.8. The zero-order valence-corrected chi connectivity index (χ0v) is 8.61.